The molecule has 0 fully saturated rings. The van der Waals surface area contributed by atoms with Gasteiger partial charge in [0.15, 0.2) is 11.5 Å². The van der Waals surface area contributed by atoms with Gasteiger partial charge in [0, 0.05) is 23.2 Å². The third kappa shape index (κ3) is 13.7. The molecule has 2 aliphatic heterocycles. The lowest BCUT2D eigenvalue weighted by Crippen LogP contribution is -2.29. The van der Waals surface area contributed by atoms with Crippen LogP contribution >= 0.6 is 15.2 Å². The van der Waals surface area contributed by atoms with Gasteiger partial charge in [-0.1, -0.05) is 84.9 Å². The highest BCUT2D eigenvalue weighted by Crippen LogP contribution is 2.51. The zero-order valence-corrected chi connectivity index (χ0v) is 48.9. The third-order valence-corrected chi connectivity index (χ3v) is 18.0. The minimum atomic E-state index is -3.33. The van der Waals surface area contributed by atoms with Crippen LogP contribution in [-0.2, 0) is 40.3 Å². The Morgan fingerprint density at radius 3 is 1.28 bits per heavy atom. The van der Waals surface area contributed by atoms with E-state index in [9.17, 15) is 42.2 Å². The fraction of sp³-hybridized carbons (Fsp3) is 0.270. The number of hydrogen-bond acceptors (Lipinski definition) is 16. The Morgan fingerprint density at radius 2 is 0.859 bits per heavy atom. The van der Waals surface area contributed by atoms with Crippen molar-refractivity contribution in [1.82, 2.24) is 19.8 Å². The van der Waals surface area contributed by atoms with Crippen LogP contribution in [-0.4, -0.2) is 100 Å². The molecule has 22 heteroatoms. The quantitative estimate of drug-likeness (QED) is 0.0303. The molecule has 0 saturated carbocycles. The number of phenolic OH excluding ortho intramolecular Hbond substituents is 1. The summed E-state index contributed by atoms with van der Waals surface area (Å²) in [5.41, 5.74) is 3.03. The molecule has 0 radical (unpaired) electrons. The van der Waals surface area contributed by atoms with Crippen LogP contribution < -0.4 is 14.2 Å². The highest BCUT2D eigenvalue weighted by atomic mass is 31.2. The number of aromatic nitrogens is 2. The number of amides is 4. The first-order valence-corrected chi connectivity index (χ1v) is 31.2. The summed E-state index contributed by atoms with van der Waals surface area (Å²) in [5.74, 6) is -3.38. The number of fused-ring (bicyclic) bond motifs is 4. The summed E-state index contributed by atoms with van der Waals surface area (Å²) in [4.78, 5) is 66.1. The smallest absolute Gasteiger partial charge is 0.330 e. The molecule has 0 aliphatic carbocycles. The highest BCUT2D eigenvalue weighted by molar-refractivity contribution is 7.54. The van der Waals surface area contributed by atoms with Gasteiger partial charge in [-0.15, -0.1) is 0 Å². The number of rotatable bonds is 26. The molecular weight excluding hydrogens is 1140 g/mol. The standard InChI is InChI=1S/C38H36FN2O7P.C25H26FN2O7P/c1-3-46-49(44,47-4-2)24-12-23-45-35-30-17-11-22-40-33(30)36(48-34(27-13-7-5-8-14-27)28-15-9-6-10-16-28)32-31(35)37(42)41(38(32)43)25-26-18-20-29(39)21-19-26;1-3-34-36(32,35-4-2)14-6-13-33-23-18-7-5-12-27-21(18)22(29)19-20(23)25(31)28(24(19)30)15-16-8-10-17(26)11-9-16/h5-11,13-22,34H,3-4,12,23-25H2,1-2H3;5,7-12,29H,3-4,6,13-15H2,1-2H3. The number of benzene rings is 6. The average Bonchev–Trinajstić information content (AvgIpc) is 3.95. The number of carbonyl (C=O) groups excluding carboxylic acids is 4. The van der Waals surface area contributed by atoms with Crippen molar-refractivity contribution in [2.24, 2.45) is 0 Å². The predicted molar refractivity (Wildman–Crippen MR) is 313 cm³/mol. The second-order valence-corrected chi connectivity index (χ2v) is 23.7. The van der Waals surface area contributed by atoms with Crippen LogP contribution in [0.4, 0.5) is 8.78 Å². The summed E-state index contributed by atoms with van der Waals surface area (Å²) < 4.78 is 93.4. The van der Waals surface area contributed by atoms with Gasteiger partial charge in [0.2, 0.25) is 0 Å². The third-order valence-electron chi connectivity index (χ3n) is 13.7. The first-order chi connectivity index (χ1) is 41.1. The van der Waals surface area contributed by atoms with Gasteiger partial charge < -0.3 is 37.4 Å². The normalized spacial score (nSPS) is 13.2. The lowest BCUT2D eigenvalue weighted by Gasteiger charge is -2.23. The van der Waals surface area contributed by atoms with Gasteiger partial charge in [0.25, 0.3) is 23.6 Å². The summed E-state index contributed by atoms with van der Waals surface area (Å²) in [5, 5.41) is 11.7. The van der Waals surface area contributed by atoms with Crippen LogP contribution in [0.15, 0.2) is 146 Å². The fourth-order valence-electron chi connectivity index (χ4n) is 9.99. The summed E-state index contributed by atoms with van der Waals surface area (Å²) in [6.45, 7) is 7.77. The van der Waals surface area contributed by atoms with Crippen LogP contribution in [0, 0.1) is 11.6 Å². The van der Waals surface area contributed by atoms with Gasteiger partial charge in [-0.3, -0.25) is 48.1 Å². The van der Waals surface area contributed by atoms with Gasteiger partial charge in [-0.2, -0.15) is 0 Å². The van der Waals surface area contributed by atoms with Gasteiger partial charge >= 0.3 is 15.2 Å². The van der Waals surface area contributed by atoms with Crippen molar-refractivity contribution < 1.29 is 74.5 Å². The Labute approximate surface area is 489 Å². The number of ether oxygens (including phenoxy) is 3. The second-order valence-electron chi connectivity index (χ2n) is 19.3. The van der Waals surface area contributed by atoms with Crippen molar-refractivity contribution in [3.63, 3.8) is 0 Å². The molecule has 6 aromatic carbocycles. The Balaban J connectivity index is 0.000000214. The molecule has 0 atom stereocenters. The molecule has 0 spiro atoms. The van der Waals surface area contributed by atoms with Crippen molar-refractivity contribution in [3.8, 4) is 23.0 Å². The van der Waals surface area contributed by atoms with Crippen molar-refractivity contribution in [2.75, 3.05) is 52.0 Å². The van der Waals surface area contributed by atoms with Gasteiger partial charge in [-0.05, 0) is 111 Å². The maximum atomic E-state index is 14.4. The van der Waals surface area contributed by atoms with E-state index in [1.165, 1.54) is 54.7 Å². The largest absolute Gasteiger partial charge is 0.505 e. The van der Waals surface area contributed by atoms with Gasteiger partial charge in [0.1, 0.15) is 51.4 Å². The molecule has 2 aliphatic rings. The van der Waals surface area contributed by atoms with E-state index in [1.54, 1.807) is 58.2 Å². The van der Waals surface area contributed by atoms with Crippen LogP contribution in [0.25, 0.3) is 21.8 Å². The number of hydrogen-bond donors (Lipinski definition) is 1. The van der Waals surface area contributed by atoms with E-state index in [2.05, 4.69) is 9.97 Å². The minimum Gasteiger partial charge on any atom is -0.505 e. The second kappa shape index (κ2) is 27.7. The SMILES string of the molecule is CCOP(=O)(CCCOc1c2c(c(O)c3ncccc13)C(=O)N(Cc1ccc(F)cc1)C2=O)OCC.CCOP(=O)(CCCOc1c2c(c(OC(c3ccccc3)c3ccccc3)c3ncccc13)C(=O)N(Cc1ccc(F)cc1)C2=O)OCC. The molecule has 8 aromatic rings. The van der Waals surface area contributed by atoms with Crippen molar-refractivity contribution in [1.29, 1.82) is 0 Å². The molecule has 10 rings (SSSR count). The number of phenols is 1. The number of halogens is 2. The predicted octanol–water partition coefficient (Wildman–Crippen LogP) is 13.3. The fourth-order valence-corrected chi connectivity index (χ4v) is 13.3. The van der Waals surface area contributed by atoms with Gasteiger partial charge in [0.05, 0.1) is 76.2 Å². The lowest BCUT2D eigenvalue weighted by atomic mass is 9.99. The lowest BCUT2D eigenvalue weighted by molar-refractivity contribution is 0.0624. The zero-order valence-electron chi connectivity index (χ0n) is 47.1. The molecule has 0 bridgehead atoms. The van der Waals surface area contributed by atoms with Crippen LogP contribution in [0.3, 0.4) is 0 Å². The summed E-state index contributed by atoms with van der Waals surface area (Å²) >= 11 is 0. The zero-order chi connectivity index (χ0) is 60.3. The first-order valence-electron chi connectivity index (χ1n) is 27.7. The molecule has 0 saturated heterocycles. The molecule has 4 heterocycles. The molecule has 2 aromatic heterocycles. The summed E-state index contributed by atoms with van der Waals surface area (Å²) in [6, 6.07) is 36.9. The van der Waals surface area contributed by atoms with E-state index >= 15 is 0 Å². The van der Waals surface area contributed by atoms with Crippen molar-refractivity contribution >= 4 is 60.6 Å². The average molecular weight is 1200 g/mol. The maximum absolute atomic E-state index is 14.4. The number of imide groups is 2. The Morgan fingerprint density at radius 1 is 0.482 bits per heavy atom. The summed E-state index contributed by atoms with van der Waals surface area (Å²) in [7, 11) is -6.61. The van der Waals surface area contributed by atoms with Crippen molar-refractivity contribution in [3.05, 3.63) is 202 Å². The van der Waals surface area contributed by atoms with E-state index in [1.807, 2.05) is 60.7 Å². The minimum absolute atomic E-state index is 0.0273. The molecule has 442 valence electrons. The maximum Gasteiger partial charge on any atom is 0.330 e. The Bertz CT molecular complexity index is 3770. The van der Waals surface area contributed by atoms with E-state index in [0.29, 0.717) is 27.4 Å². The highest BCUT2D eigenvalue weighted by Gasteiger charge is 2.45. The summed E-state index contributed by atoms with van der Waals surface area (Å²) in [6.07, 6.45) is 3.18. The Kier molecular flexibility index (Phi) is 20.0. The molecule has 18 nitrogen and oxygen atoms in total. The first kappa shape index (κ1) is 61.3. The topological polar surface area (TPSA) is 220 Å². The van der Waals surface area contributed by atoms with E-state index in [4.69, 9.17) is 32.3 Å². The number of nitrogens with zero attached hydrogens (tertiary/aromatic N) is 4. The van der Waals surface area contributed by atoms with Crippen LogP contribution in [0.5, 0.6) is 23.0 Å². The van der Waals surface area contributed by atoms with Crippen LogP contribution in [0.2, 0.25) is 0 Å². The molecule has 4 amide bonds. The van der Waals surface area contributed by atoms with Gasteiger partial charge in [-0.25, -0.2) is 8.78 Å². The molecular formula is C63H62F2N4O14P2. The van der Waals surface area contributed by atoms with E-state index < -0.39 is 62.3 Å². The molecule has 1 N–H and O–H groups in total. The molecule has 85 heavy (non-hydrogen) atoms. The monoisotopic (exact) mass is 1200 g/mol. The Hall–Kier alpha value is -8.22. The van der Waals surface area contributed by atoms with E-state index in [-0.39, 0.29) is 123 Å². The number of aromatic hydroxyl groups is 1. The molecule has 0 unspecified atom stereocenters. The number of carbonyl (C=O) groups is 4. The van der Waals surface area contributed by atoms with Crippen molar-refractivity contribution in [2.45, 2.75) is 59.7 Å². The van der Waals surface area contributed by atoms with E-state index in [0.717, 1.165) is 20.9 Å². The van der Waals surface area contributed by atoms with Crippen LogP contribution in [0.1, 0.15) is 110 Å². The number of pyridine rings is 2.